The predicted molar refractivity (Wildman–Crippen MR) is 81.7 cm³/mol. The summed E-state index contributed by atoms with van der Waals surface area (Å²) in [6, 6.07) is 3.46. The van der Waals surface area contributed by atoms with Crippen LogP contribution in [0.5, 0.6) is 0 Å². The molecule has 116 valence electrons. The molecule has 0 aliphatic rings. The molecule has 8 heteroatoms. The second-order valence-corrected chi connectivity index (χ2v) is 7.30. The lowest BCUT2D eigenvalue weighted by Crippen LogP contribution is -2.25. The third-order valence-corrected chi connectivity index (χ3v) is 4.71. The molecule has 0 unspecified atom stereocenters. The number of aromatic nitrogens is 1. The van der Waals surface area contributed by atoms with Gasteiger partial charge >= 0.3 is 0 Å². The van der Waals surface area contributed by atoms with E-state index >= 15 is 0 Å². The predicted octanol–water partition coefficient (Wildman–Crippen LogP) is 1.76. The van der Waals surface area contributed by atoms with Gasteiger partial charge in [-0.1, -0.05) is 13.8 Å². The van der Waals surface area contributed by atoms with Crippen molar-refractivity contribution in [2.24, 2.45) is 0 Å². The second kappa shape index (κ2) is 7.17. The molecular formula is C13H19N3O3S2. The van der Waals surface area contributed by atoms with E-state index in [1.165, 1.54) is 17.4 Å². The molecule has 0 bridgehead atoms. The van der Waals surface area contributed by atoms with Crippen LogP contribution in [-0.4, -0.2) is 26.0 Å². The smallest absolute Gasteiger partial charge is 0.273 e. The molecule has 0 fully saturated rings. The largest absolute Gasteiger partial charge is 0.447 e. The van der Waals surface area contributed by atoms with Gasteiger partial charge < -0.3 is 9.73 Å². The number of nitrogens with zero attached hydrogens (tertiary/aromatic N) is 1. The van der Waals surface area contributed by atoms with Gasteiger partial charge in [0.05, 0.1) is 17.7 Å². The fourth-order valence-electron chi connectivity index (χ4n) is 1.65. The Morgan fingerprint density at radius 3 is 2.86 bits per heavy atom. The number of hydrogen-bond donors (Lipinski definition) is 2. The number of hydrogen-bond acceptors (Lipinski definition) is 6. The molecule has 2 rings (SSSR count). The molecule has 2 heterocycles. The molecule has 0 aliphatic heterocycles. The lowest BCUT2D eigenvalue weighted by Gasteiger charge is -2.05. The summed E-state index contributed by atoms with van der Waals surface area (Å²) in [5.41, 5.74) is 2.61. The average Bonchev–Trinajstić information content (AvgIpc) is 3.07. The van der Waals surface area contributed by atoms with Crippen LogP contribution in [0, 0.1) is 0 Å². The van der Waals surface area contributed by atoms with Crippen LogP contribution in [0.3, 0.4) is 0 Å². The first kappa shape index (κ1) is 16.2. The van der Waals surface area contributed by atoms with Gasteiger partial charge in [-0.25, -0.2) is 18.1 Å². The fraction of sp³-hybridized carbons (Fsp3) is 0.462. The van der Waals surface area contributed by atoms with Crippen LogP contribution in [0.1, 0.15) is 25.3 Å². The van der Waals surface area contributed by atoms with Crippen molar-refractivity contribution in [3.63, 3.8) is 0 Å². The number of furan rings is 1. The van der Waals surface area contributed by atoms with E-state index in [2.05, 4.69) is 15.0 Å². The Labute approximate surface area is 128 Å². The Morgan fingerprint density at radius 2 is 2.19 bits per heavy atom. The normalized spacial score (nSPS) is 12.1. The number of sulfonamides is 1. The second-order valence-electron chi connectivity index (χ2n) is 4.88. The van der Waals surface area contributed by atoms with E-state index in [1.807, 2.05) is 19.2 Å². The zero-order chi connectivity index (χ0) is 15.3. The molecule has 0 atom stereocenters. The van der Waals surface area contributed by atoms with Crippen LogP contribution in [-0.2, 0) is 23.0 Å². The van der Waals surface area contributed by atoms with Gasteiger partial charge in [-0.15, -0.1) is 11.3 Å². The molecule has 2 aromatic rings. The van der Waals surface area contributed by atoms with Gasteiger partial charge in [0.1, 0.15) is 5.76 Å². The summed E-state index contributed by atoms with van der Waals surface area (Å²) < 4.78 is 32.0. The first-order valence-corrected chi connectivity index (χ1v) is 9.09. The van der Waals surface area contributed by atoms with Crippen molar-refractivity contribution in [1.82, 2.24) is 15.0 Å². The van der Waals surface area contributed by atoms with Crippen LogP contribution in [0.2, 0.25) is 0 Å². The third kappa shape index (κ3) is 4.92. The van der Waals surface area contributed by atoms with Crippen molar-refractivity contribution < 1.29 is 12.8 Å². The average molecular weight is 329 g/mol. The number of thiazole rings is 1. The van der Waals surface area contributed by atoms with E-state index in [0.29, 0.717) is 31.3 Å². The molecule has 6 nitrogen and oxygen atoms in total. The maximum Gasteiger partial charge on any atom is 0.273 e. The number of rotatable bonds is 8. The van der Waals surface area contributed by atoms with Gasteiger partial charge in [-0.05, 0) is 12.1 Å². The SMILES string of the molecule is CC(C)NCc1ccc(S(=O)(=O)NCCc2cscn2)o1. The van der Waals surface area contributed by atoms with Crippen LogP contribution in [0.25, 0.3) is 0 Å². The molecule has 21 heavy (non-hydrogen) atoms. The Morgan fingerprint density at radius 1 is 1.38 bits per heavy atom. The van der Waals surface area contributed by atoms with Gasteiger partial charge in [0, 0.05) is 24.4 Å². The summed E-state index contributed by atoms with van der Waals surface area (Å²) in [6.45, 7) is 4.83. The van der Waals surface area contributed by atoms with E-state index in [9.17, 15) is 8.42 Å². The minimum atomic E-state index is -3.60. The maximum atomic E-state index is 12.1. The van der Waals surface area contributed by atoms with Crippen molar-refractivity contribution in [1.29, 1.82) is 0 Å². The molecular weight excluding hydrogens is 310 g/mol. The fourth-order valence-corrected chi connectivity index (χ4v) is 3.22. The molecule has 0 aliphatic carbocycles. The summed E-state index contributed by atoms with van der Waals surface area (Å²) in [4.78, 5) is 4.11. The Hall–Kier alpha value is -1.22. The third-order valence-electron chi connectivity index (χ3n) is 2.74. The topological polar surface area (TPSA) is 84.2 Å². The summed E-state index contributed by atoms with van der Waals surface area (Å²) in [5, 5.41) is 5.02. The van der Waals surface area contributed by atoms with Crippen molar-refractivity contribution >= 4 is 21.4 Å². The van der Waals surface area contributed by atoms with Crippen LogP contribution in [0.15, 0.2) is 32.5 Å². The zero-order valence-electron chi connectivity index (χ0n) is 12.0. The first-order chi connectivity index (χ1) is 9.97. The van der Waals surface area contributed by atoms with E-state index in [1.54, 1.807) is 11.6 Å². The lowest BCUT2D eigenvalue weighted by atomic mass is 10.3. The minimum absolute atomic E-state index is 0.0543. The highest BCUT2D eigenvalue weighted by atomic mass is 32.2. The van der Waals surface area contributed by atoms with Gasteiger partial charge in [-0.3, -0.25) is 0 Å². The highest BCUT2D eigenvalue weighted by Gasteiger charge is 2.18. The van der Waals surface area contributed by atoms with Gasteiger partial charge in [0.25, 0.3) is 10.0 Å². The summed E-state index contributed by atoms with van der Waals surface area (Å²) in [6.07, 6.45) is 0.561. The summed E-state index contributed by atoms with van der Waals surface area (Å²) in [5.74, 6) is 0.601. The van der Waals surface area contributed by atoms with Gasteiger partial charge in [-0.2, -0.15) is 0 Å². The van der Waals surface area contributed by atoms with Gasteiger partial charge in [0.15, 0.2) is 0 Å². The van der Waals surface area contributed by atoms with E-state index in [4.69, 9.17) is 4.42 Å². The minimum Gasteiger partial charge on any atom is -0.447 e. The van der Waals surface area contributed by atoms with Crippen LogP contribution in [0.4, 0.5) is 0 Å². The maximum absolute atomic E-state index is 12.1. The molecule has 2 aromatic heterocycles. The van der Waals surface area contributed by atoms with Crippen LogP contribution < -0.4 is 10.0 Å². The van der Waals surface area contributed by atoms with E-state index in [-0.39, 0.29) is 5.09 Å². The van der Waals surface area contributed by atoms with E-state index < -0.39 is 10.0 Å². The molecule has 2 N–H and O–H groups in total. The van der Waals surface area contributed by atoms with Crippen molar-refractivity contribution in [2.45, 2.75) is 37.9 Å². The van der Waals surface area contributed by atoms with Gasteiger partial charge in [0.2, 0.25) is 5.09 Å². The quantitative estimate of drug-likeness (QED) is 0.771. The monoisotopic (exact) mass is 329 g/mol. The zero-order valence-corrected chi connectivity index (χ0v) is 13.6. The standard InChI is InChI=1S/C13H19N3O3S2/c1-10(2)14-7-12-3-4-13(19-12)21(17,18)16-6-5-11-8-20-9-15-11/h3-4,8-10,14,16H,5-7H2,1-2H3. The molecule has 0 spiro atoms. The Bertz CT molecular complexity index is 648. The van der Waals surface area contributed by atoms with Crippen LogP contribution >= 0.6 is 11.3 Å². The molecule has 0 saturated carbocycles. The molecule has 0 aromatic carbocycles. The van der Waals surface area contributed by atoms with Crippen molar-refractivity contribution in [2.75, 3.05) is 6.54 Å². The van der Waals surface area contributed by atoms with Crippen molar-refractivity contribution in [3.05, 3.63) is 34.5 Å². The lowest BCUT2D eigenvalue weighted by molar-refractivity contribution is 0.393. The summed E-state index contributed by atoms with van der Waals surface area (Å²) in [7, 11) is -3.60. The number of nitrogens with one attached hydrogen (secondary N) is 2. The molecule has 0 saturated heterocycles. The first-order valence-electron chi connectivity index (χ1n) is 6.66. The highest BCUT2D eigenvalue weighted by molar-refractivity contribution is 7.89. The Balaban J connectivity index is 1.89. The molecule has 0 amide bonds. The summed E-state index contributed by atoms with van der Waals surface area (Å²) >= 11 is 1.49. The van der Waals surface area contributed by atoms with E-state index in [0.717, 1.165) is 5.69 Å². The Kier molecular flexibility index (Phi) is 5.51. The highest BCUT2D eigenvalue weighted by Crippen LogP contribution is 2.14. The van der Waals surface area contributed by atoms with Crippen molar-refractivity contribution in [3.8, 4) is 0 Å². The molecule has 0 radical (unpaired) electrons.